The first kappa shape index (κ1) is 12.3. The number of ether oxygens (including phenoxy) is 1. The molecule has 1 aliphatic rings. The lowest BCUT2D eigenvalue weighted by molar-refractivity contribution is 0.0228. The molecule has 2 aromatic rings. The molecule has 5 nitrogen and oxygen atoms in total. The van der Waals surface area contributed by atoms with Crippen LogP contribution in [0.1, 0.15) is 17.4 Å². The Morgan fingerprint density at radius 2 is 2.21 bits per heavy atom. The van der Waals surface area contributed by atoms with E-state index in [0.29, 0.717) is 0 Å². The summed E-state index contributed by atoms with van der Waals surface area (Å²) < 4.78 is 7.96. The normalized spacial score (nSPS) is 19.5. The van der Waals surface area contributed by atoms with E-state index in [1.54, 1.807) is 0 Å². The van der Waals surface area contributed by atoms with Crippen molar-refractivity contribution in [1.82, 2.24) is 19.9 Å². The van der Waals surface area contributed by atoms with Crippen molar-refractivity contribution in [3.8, 4) is 0 Å². The number of imidazole rings is 1. The molecule has 0 spiro atoms. The fourth-order valence-electron chi connectivity index (χ4n) is 2.34. The Morgan fingerprint density at radius 3 is 3.00 bits per heavy atom. The summed E-state index contributed by atoms with van der Waals surface area (Å²) in [6.07, 6.45) is 8.55. The SMILES string of the molecule is c1cc(CCn2cncc2C2CNCCO2)ccn1. The Morgan fingerprint density at radius 1 is 1.32 bits per heavy atom. The molecular weight excluding hydrogens is 240 g/mol. The van der Waals surface area contributed by atoms with Gasteiger partial charge in [0.15, 0.2) is 0 Å². The predicted octanol–water partition coefficient (Wildman–Crippen LogP) is 1.18. The van der Waals surface area contributed by atoms with Crippen LogP contribution in [0.15, 0.2) is 37.1 Å². The zero-order chi connectivity index (χ0) is 12.9. The number of nitrogens with one attached hydrogen (secondary N) is 1. The zero-order valence-electron chi connectivity index (χ0n) is 10.8. The molecule has 1 N–H and O–H groups in total. The van der Waals surface area contributed by atoms with E-state index in [0.717, 1.165) is 38.4 Å². The van der Waals surface area contributed by atoms with Gasteiger partial charge < -0.3 is 14.6 Å². The summed E-state index contributed by atoms with van der Waals surface area (Å²) in [7, 11) is 0. The minimum Gasteiger partial charge on any atom is -0.369 e. The minimum absolute atomic E-state index is 0.119. The number of morpholine rings is 1. The van der Waals surface area contributed by atoms with Crippen molar-refractivity contribution >= 4 is 0 Å². The maximum Gasteiger partial charge on any atom is 0.111 e. The van der Waals surface area contributed by atoms with Gasteiger partial charge in [0.05, 0.1) is 24.8 Å². The summed E-state index contributed by atoms with van der Waals surface area (Å²) in [5, 5.41) is 3.35. The van der Waals surface area contributed by atoms with E-state index >= 15 is 0 Å². The van der Waals surface area contributed by atoms with Crippen molar-refractivity contribution in [3.63, 3.8) is 0 Å². The first-order valence-corrected chi connectivity index (χ1v) is 6.65. The molecule has 1 unspecified atom stereocenters. The van der Waals surface area contributed by atoms with Gasteiger partial charge in [-0.15, -0.1) is 0 Å². The second kappa shape index (κ2) is 5.95. The summed E-state index contributed by atoms with van der Waals surface area (Å²) in [4.78, 5) is 8.29. The topological polar surface area (TPSA) is 52.0 Å². The summed E-state index contributed by atoms with van der Waals surface area (Å²) in [6, 6.07) is 4.10. The van der Waals surface area contributed by atoms with Crippen LogP contribution in [0.4, 0.5) is 0 Å². The van der Waals surface area contributed by atoms with E-state index in [2.05, 4.69) is 32.0 Å². The molecular formula is C14H18N4O. The number of nitrogens with zero attached hydrogens (tertiary/aromatic N) is 3. The Bertz CT molecular complexity index is 505. The third-order valence-corrected chi connectivity index (χ3v) is 3.39. The fraction of sp³-hybridized carbons (Fsp3) is 0.429. The Balaban J connectivity index is 1.66. The fourth-order valence-corrected chi connectivity index (χ4v) is 2.34. The smallest absolute Gasteiger partial charge is 0.111 e. The number of pyridine rings is 1. The highest BCUT2D eigenvalue weighted by molar-refractivity contribution is 5.11. The molecule has 1 saturated heterocycles. The maximum absolute atomic E-state index is 5.78. The summed E-state index contributed by atoms with van der Waals surface area (Å²) in [6.45, 7) is 3.47. The van der Waals surface area contributed by atoms with Crippen LogP contribution in [0.2, 0.25) is 0 Å². The van der Waals surface area contributed by atoms with E-state index < -0.39 is 0 Å². The van der Waals surface area contributed by atoms with E-state index in [-0.39, 0.29) is 6.10 Å². The molecule has 1 fully saturated rings. The summed E-state index contributed by atoms with van der Waals surface area (Å²) in [5.74, 6) is 0. The lowest BCUT2D eigenvalue weighted by Gasteiger charge is -2.24. The number of hydrogen-bond donors (Lipinski definition) is 1. The van der Waals surface area contributed by atoms with E-state index in [1.165, 1.54) is 5.56 Å². The van der Waals surface area contributed by atoms with Crippen LogP contribution in [0, 0.1) is 0 Å². The number of aromatic nitrogens is 3. The largest absolute Gasteiger partial charge is 0.369 e. The van der Waals surface area contributed by atoms with Crippen molar-refractivity contribution < 1.29 is 4.74 Å². The van der Waals surface area contributed by atoms with Crippen molar-refractivity contribution in [2.24, 2.45) is 0 Å². The maximum atomic E-state index is 5.78. The molecule has 0 bridgehead atoms. The van der Waals surface area contributed by atoms with Gasteiger partial charge in [0.25, 0.3) is 0 Å². The van der Waals surface area contributed by atoms with Crippen LogP contribution in [-0.2, 0) is 17.7 Å². The molecule has 3 heterocycles. The van der Waals surface area contributed by atoms with Gasteiger partial charge in [-0.1, -0.05) is 0 Å². The van der Waals surface area contributed by atoms with Crippen LogP contribution >= 0.6 is 0 Å². The number of rotatable bonds is 4. The lowest BCUT2D eigenvalue weighted by atomic mass is 10.2. The quantitative estimate of drug-likeness (QED) is 0.895. The van der Waals surface area contributed by atoms with E-state index in [9.17, 15) is 0 Å². The van der Waals surface area contributed by atoms with Gasteiger partial charge in [-0.3, -0.25) is 4.98 Å². The van der Waals surface area contributed by atoms with Crippen molar-refractivity contribution in [2.45, 2.75) is 19.1 Å². The highest BCUT2D eigenvalue weighted by Crippen LogP contribution is 2.18. The zero-order valence-corrected chi connectivity index (χ0v) is 10.8. The lowest BCUT2D eigenvalue weighted by Crippen LogP contribution is -2.34. The number of hydrogen-bond acceptors (Lipinski definition) is 4. The second-order valence-electron chi connectivity index (χ2n) is 4.68. The molecule has 0 aromatic carbocycles. The van der Waals surface area contributed by atoms with Gasteiger partial charge in [0.1, 0.15) is 6.10 Å². The van der Waals surface area contributed by atoms with Gasteiger partial charge in [-0.25, -0.2) is 4.98 Å². The van der Waals surface area contributed by atoms with Crippen molar-refractivity contribution in [3.05, 3.63) is 48.3 Å². The van der Waals surface area contributed by atoms with Crippen LogP contribution in [0.5, 0.6) is 0 Å². The molecule has 0 amide bonds. The molecule has 19 heavy (non-hydrogen) atoms. The predicted molar refractivity (Wildman–Crippen MR) is 71.7 cm³/mol. The highest BCUT2D eigenvalue weighted by atomic mass is 16.5. The molecule has 100 valence electrons. The van der Waals surface area contributed by atoms with Gasteiger partial charge in [0.2, 0.25) is 0 Å². The third-order valence-electron chi connectivity index (χ3n) is 3.39. The molecule has 0 saturated carbocycles. The van der Waals surface area contributed by atoms with E-state index in [1.807, 2.05) is 24.9 Å². The Labute approximate surface area is 112 Å². The molecule has 0 radical (unpaired) electrons. The first-order valence-electron chi connectivity index (χ1n) is 6.65. The van der Waals surface area contributed by atoms with Crippen molar-refractivity contribution in [1.29, 1.82) is 0 Å². The number of aryl methyl sites for hydroxylation is 2. The molecule has 5 heteroatoms. The average Bonchev–Trinajstić information content (AvgIpc) is 2.95. The van der Waals surface area contributed by atoms with Crippen LogP contribution in [-0.4, -0.2) is 34.2 Å². The van der Waals surface area contributed by atoms with Crippen molar-refractivity contribution in [2.75, 3.05) is 19.7 Å². The first-order chi connectivity index (χ1) is 9.43. The standard InChI is InChI=1S/C14H18N4O/c1-4-15-5-2-12(1)3-7-18-11-17-9-13(18)14-10-16-6-8-19-14/h1-2,4-5,9,11,14,16H,3,6-8,10H2. The van der Waals surface area contributed by atoms with Gasteiger partial charge in [-0.05, 0) is 24.1 Å². The highest BCUT2D eigenvalue weighted by Gasteiger charge is 2.19. The molecule has 2 aromatic heterocycles. The monoisotopic (exact) mass is 258 g/mol. The summed E-state index contributed by atoms with van der Waals surface area (Å²) >= 11 is 0. The van der Waals surface area contributed by atoms with Gasteiger partial charge >= 0.3 is 0 Å². The minimum atomic E-state index is 0.119. The van der Waals surface area contributed by atoms with Crippen LogP contribution < -0.4 is 5.32 Å². The van der Waals surface area contributed by atoms with E-state index in [4.69, 9.17) is 4.74 Å². The molecule has 1 aliphatic heterocycles. The molecule has 3 rings (SSSR count). The average molecular weight is 258 g/mol. The molecule has 0 aliphatic carbocycles. The van der Waals surface area contributed by atoms with Crippen LogP contribution in [0.25, 0.3) is 0 Å². The van der Waals surface area contributed by atoms with Gasteiger partial charge in [-0.2, -0.15) is 0 Å². The summed E-state index contributed by atoms with van der Waals surface area (Å²) in [5.41, 5.74) is 2.44. The van der Waals surface area contributed by atoms with Crippen LogP contribution in [0.3, 0.4) is 0 Å². The Hall–Kier alpha value is -1.72. The Kier molecular flexibility index (Phi) is 3.86. The van der Waals surface area contributed by atoms with Gasteiger partial charge in [0, 0.05) is 32.0 Å². The molecule has 1 atom stereocenters. The second-order valence-corrected chi connectivity index (χ2v) is 4.68. The third kappa shape index (κ3) is 3.00.